The number of carbonyl (C=O) groups is 4. The zero-order valence-corrected chi connectivity index (χ0v) is 15.3. The van der Waals surface area contributed by atoms with Crippen LogP contribution in [0.5, 0.6) is 11.5 Å². The van der Waals surface area contributed by atoms with Crippen molar-refractivity contribution in [1.29, 1.82) is 0 Å². The summed E-state index contributed by atoms with van der Waals surface area (Å²) in [4.78, 5) is 45.4. The van der Waals surface area contributed by atoms with Gasteiger partial charge in [-0.15, -0.1) is 0 Å². The zero-order chi connectivity index (χ0) is 20.5. The first-order valence-electron chi connectivity index (χ1n) is 8.14. The van der Waals surface area contributed by atoms with Crippen molar-refractivity contribution in [3.63, 3.8) is 0 Å². The molecule has 0 unspecified atom stereocenters. The number of aldehydes is 2. The second-order valence-electron chi connectivity index (χ2n) is 5.41. The molecule has 0 N–H and O–H groups in total. The molecule has 2 rings (SSSR count). The van der Waals surface area contributed by atoms with Gasteiger partial charge in [-0.05, 0) is 36.4 Å². The highest BCUT2D eigenvalue weighted by molar-refractivity contribution is 5.99. The smallest absolute Gasteiger partial charge is 0.338 e. The average Bonchev–Trinajstić information content (AvgIpc) is 2.75. The summed E-state index contributed by atoms with van der Waals surface area (Å²) in [5.41, 5.74) is 0.594. The van der Waals surface area contributed by atoms with E-state index in [9.17, 15) is 19.2 Å². The predicted molar refractivity (Wildman–Crippen MR) is 97.3 cm³/mol. The largest absolute Gasteiger partial charge is 0.490 e. The van der Waals surface area contributed by atoms with E-state index in [1.807, 2.05) is 0 Å². The molecule has 0 aliphatic carbocycles. The Hall–Kier alpha value is -3.68. The van der Waals surface area contributed by atoms with E-state index in [1.165, 1.54) is 44.6 Å². The number of rotatable bonds is 9. The topological polar surface area (TPSA) is 105 Å². The summed E-state index contributed by atoms with van der Waals surface area (Å²) in [6, 6.07) is 8.81. The Morgan fingerprint density at radius 2 is 1.29 bits per heavy atom. The van der Waals surface area contributed by atoms with Gasteiger partial charge in [0.25, 0.3) is 0 Å². The molecule has 0 aliphatic heterocycles. The van der Waals surface area contributed by atoms with Gasteiger partial charge in [0.15, 0.2) is 12.6 Å². The molecule has 0 aromatic heterocycles. The Kier molecular flexibility index (Phi) is 7.27. The fourth-order valence-corrected chi connectivity index (χ4v) is 2.36. The maximum absolute atomic E-state index is 11.7. The number of esters is 2. The van der Waals surface area contributed by atoms with E-state index >= 15 is 0 Å². The Morgan fingerprint density at radius 1 is 0.750 bits per heavy atom. The van der Waals surface area contributed by atoms with Crippen LogP contribution in [0.25, 0.3) is 0 Å². The van der Waals surface area contributed by atoms with E-state index in [1.54, 1.807) is 6.07 Å². The van der Waals surface area contributed by atoms with Crippen molar-refractivity contribution in [3.05, 3.63) is 58.7 Å². The second kappa shape index (κ2) is 9.86. The van der Waals surface area contributed by atoms with E-state index < -0.39 is 11.9 Å². The normalized spacial score (nSPS) is 9.93. The van der Waals surface area contributed by atoms with Gasteiger partial charge in [-0.1, -0.05) is 0 Å². The highest BCUT2D eigenvalue weighted by atomic mass is 16.5. The molecular weight excluding hydrogens is 368 g/mol. The lowest BCUT2D eigenvalue weighted by Gasteiger charge is -2.11. The molecule has 8 nitrogen and oxygen atoms in total. The SMILES string of the molecule is COC(=O)c1ccc(OCCOc2ccc(C=O)c(C(=O)OC)c2)cc1C=O. The van der Waals surface area contributed by atoms with Crippen LogP contribution in [0.2, 0.25) is 0 Å². The van der Waals surface area contributed by atoms with Crippen LogP contribution in [0, 0.1) is 0 Å². The van der Waals surface area contributed by atoms with Crippen LogP contribution in [0.15, 0.2) is 36.4 Å². The first-order chi connectivity index (χ1) is 13.5. The Labute approximate surface area is 161 Å². The van der Waals surface area contributed by atoms with Crippen LogP contribution in [0.4, 0.5) is 0 Å². The van der Waals surface area contributed by atoms with Gasteiger partial charge in [0, 0.05) is 11.1 Å². The van der Waals surface area contributed by atoms with Gasteiger partial charge >= 0.3 is 11.9 Å². The van der Waals surface area contributed by atoms with Crippen LogP contribution in [0.1, 0.15) is 41.4 Å². The van der Waals surface area contributed by atoms with Gasteiger partial charge in [0.05, 0.1) is 25.3 Å². The Balaban J connectivity index is 1.97. The number of benzene rings is 2. The lowest BCUT2D eigenvalue weighted by atomic mass is 10.1. The molecule has 146 valence electrons. The van der Waals surface area contributed by atoms with Crippen LogP contribution in [-0.4, -0.2) is 51.9 Å². The van der Waals surface area contributed by atoms with Crippen molar-refractivity contribution in [2.45, 2.75) is 0 Å². The van der Waals surface area contributed by atoms with Gasteiger partial charge in [-0.25, -0.2) is 9.59 Å². The molecule has 0 heterocycles. The van der Waals surface area contributed by atoms with Crippen molar-refractivity contribution in [3.8, 4) is 11.5 Å². The summed E-state index contributed by atoms with van der Waals surface area (Å²) < 4.78 is 20.2. The third-order valence-corrected chi connectivity index (χ3v) is 3.73. The molecule has 0 fully saturated rings. The molecule has 0 atom stereocenters. The van der Waals surface area contributed by atoms with Gasteiger partial charge in [-0.2, -0.15) is 0 Å². The van der Waals surface area contributed by atoms with E-state index in [4.69, 9.17) is 9.47 Å². The lowest BCUT2D eigenvalue weighted by Crippen LogP contribution is -2.11. The third kappa shape index (κ3) is 4.94. The van der Waals surface area contributed by atoms with Gasteiger partial charge in [-0.3, -0.25) is 9.59 Å². The van der Waals surface area contributed by atoms with Crippen LogP contribution in [0.3, 0.4) is 0 Å². The predicted octanol–water partition coefficient (Wildman–Crippen LogP) is 2.34. The molecule has 0 amide bonds. The van der Waals surface area contributed by atoms with Gasteiger partial charge < -0.3 is 18.9 Å². The first-order valence-corrected chi connectivity index (χ1v) is 8.14. The van der Waals surface area contributed by atoms with Crippen LogP contribution < -0.4 is 9.47 Å². The summed E-state index contributed by atoms with van der Waals surface area (Å²) in [7, 11) is 2.45. The highest BCUT2D eigenvalue weighted by Crippen LogP contribution is 2.19. The monoisotopic (exact) mass is 386 g/mol. The summed E-state index contributed by atoms with van der Waals surface area (Å²) in [5.74, 6) is -0.512. The molecular formula is C20H18O8. The minimum absolute atomic E-state index is 0.102. The number of carbonyl (C=O) groups excluding carboxylic acids is 4. The van der Waals surface area contributed by atoms with Crippen molar-refractivity contribution >= 4 is 24.5 Å². The van der Waals surface area contributed by atoms with Gasteiger partial charge in [0.2, 0.25) is 0 Å². The van der Waals surface area contributed by atoms with Crippen molar-refractivity contribution < 1.29 is 38.1 Å². The Bertz CT molecular complexity index is 888. The fraction of sp³-hybridized carbons (Fsp3) is 0.200. The number of hydrogen-bond donors (Lipinski definition) is 0. The van der Waals surface area contributed by atoms with E-state index in [0.29, 0.717) is 24.1 Å². The molecule has 8 heteroatoms. The Morgan fingerprint density at radius 3 is 1.86 bits per heavy atom. The molecule has 0 saturated carbocycles. The summed E-state index contributed by atoms with van der Waals surface area (Å²) in [5, 5.41) is 0. The van der Waals surface area contributed by atoms with Crippen LogP contribution >= 0.6 is 0 Å². The molecule has 0 spiro atoms. The van der Waals surface area contributed by atoms with Gasteiger partial charge in [0.1, 0.15) is 24.7 Å². The zero-order valence-electron chi connectivity index (χ0n) is 15.3. The maximum atomic E-state index is 11.7. The first kappa shape index (κ1) is 20.6. The number of hydrogen-bond acceptors (Lipinski definition) is 8. The molecule has 0 bridgehead atoms. The summed E-state index contributed by atoms with van der Waals surface area (Å²) >= 11 is 0. The quantitative estimate of drug-likeness (QED) is 0.367. The number of ether oxygens (including phenoxy) is 4. The summed E-state index contributed by atoms with van der Waals surface area (Å²) in [6.45, 7) is 0.273. The molecule has 2 aromatic carbocycles. The van der Waals surface area contributed by atoms with E-state index in [2.05, 4.69) is 9.47 Å². The lowest BCUT2D eigenvalue weighted by molar-refractivity contribution is 0.0590. The second-order valence-corrected chi connectivity index (χ2v) is 5.41. The van der Waals surface area contributed by atoms with Crippen molar-refractivity contribution in [2.24, 2.45) is 0 Å². The third-order valence-electron chi connectivity index (χ3n) is 3.73. The van der Waals surface area contributed by atoms with Crippen LogP contribution in [-0.2, 0) is 9.47 Å². The minimum Gasteiger partial charge on any atom is -0.490 e. The summed E-state index contributed by atoms with van der Waals surface area (Å²) in [6.07, 6.45) is 1.10. The average molecular weight is 386 g/mol. The minimum atomic E-state index is -0.643. The molecule has 28 heavy (non-hydrogen) atoms. The maximum Gasteiger partial charge on any atom is 0.338 e. The molecule has 0 saturated heterocycles. The number of methoxy groups -OCH3 is 2. The molecule has 0 radical (unpaired) electrons. The fourth-order valence-electron chi connectivity index (χ4n) is 2.36. The van der Waals surface area contributed by atoms with E-state index in [-0.39, 0.29) is 35.5 Å². The highest BCUT2D eigenvalue weighted by Gasteiger charge is 2.14. The standard InChI is InChI=1S/C20H18O8/c1-25-19(23)17-6-5-15(9-14(17)12-22)27-7-8-28-16-4-3-13(11-21)18(10-16)20(24)26-2/h3-6,9-12H,7-8H2,1-2H3. The molecule has 0 aliphatic rings. The molecule has 2 aromatic rings. The van der Waals surface area contributed by atoms with Crippen molar-refractivity contribution in [2.75, 3.05) is 27.4 Å². The van der Waals surface area contributed by atoms with E-state index in [0.717, 1.165) is 0 Å². The van der Waals surface area contributed by atoms with Crippen molar-refractivity contribution in [1.82, 2.24) is 0 Å².